The average Bonchev–Trinajstić information content (AvgIpc) is 2.76. The summed E-state index contributed by atoms with van der Waals surface area (Å²) in [4.78, 5) is 28.0. The molecule has 2 amide bonds. The van der Waals surface area contributed by atoms with Crippen LogP contribution in [-0.2, 0) is 22.4 Å². The second-order valence-corrected chi connectivity index (χ2v) is 8.11. The zero-order valence-electron chi connectivity index (χ0n) is 18.0. The summed E-state index contributed by atoms with van der Waals surface area (Å²) in [5, 5.41) is 13.4. The minimum absolute atomic E-state index is 0.124. The van der Waals surface area contributed by atoms with Crippen molar-refractivity contribution < 1.29 is 19.1 Å². The van der Waals surface area contributed by atoms with Crippen LogP contribution in [0.3, 0.4) is 0 Å². The number of benzene rings is 1. The second kappa shape index (κ2) is 12.2. The van der Waals surface area contributed by atoms with Crippen molar-refractivity contribution in [2.75, 3.05) is 6.54 Å². The van der Waals surface area contributed by atoms with Gasteiger partial charge < -0.3 is 16.2 Å². The average molecular weight is 430 g/mol. The fourth-order valence-electron chi connectivity index (χ4n) is 3.37. The monoisotopic (exact) mass is 429 g/mol. The number of halogens is 1. The third-order valence-corrected chi connectivity index (χ3v) is 5.47. The van der Waals surface area contributed by atoms with E-state index in [1.54, 1.807) is 12.4 Å². The molecule has 0 aliphatic carbocycles. The minimum Gasteiger partial charge on any atom is -0.393 e. The predicted octanol–water partition coefficient (Wildman–Crippen LogP) is 2.73. The van der Waals surface area contributed by atoms with E-state index in [1.807, 2.05) is 42.5 Å². The maximum Gasteiger partial charge on any atom is 0.254 e. The normalized spacial score (nSPS) is 14.9. The van der Waals surface area contributed by atoms with Gasteiger partial charge in [0.1, 0.15) is 0 Å². The molecule has 0 bridgehead atoms. The molecule has 31 heavy (non-hydrogen) atoms. The number of nitrogens with two attached hydrogens (primary N) is 1. The Kier molecular flexibility index (Phi) is 9.59. The third kappa shape index (κ3) is 8.84. The molecule has 0 saturated carbocycles. The summed E-state index contributed by atoms with van der Waals surface area (Å²) in [6.07, 6.45) is 4.63. The van der Waals surface area contributed by atoms with E-state index in [9.17, 15) is 19.1 Å². The molecular formula is C24H32FN3O3. The van der Waals surface area contributed by atoms with E-state index in [2.05, 4.69) is 10.3 Å². The summed E-state index contributed by atoms with van der Waals surface area (Å²) in [6, 6.07) is 13.5. The van der Waals surface area contributed by atoms with E-state index in [4.69, 9.17) is 5.73 Å². The summed E-state index contributed by atoms with van der Waals surface area (Å²) >= 11 is 0. The highest BCUT2D eigenvalue weighted by Crippen LogP contribution is 2.24. The predicted molar refractivity (Wildman–Crippen MR) is 118 cm³/mol. The fourth-order valence-corrected chi connectivity index (χ4v) is 3.37. The highest BCUT2D eigenvalue weighted by atomic mass is 19.1. The molecule has 2 aromatic rings. The van der Waals surface area contributed by atoms with E-state index >= 15 is 0 Å². The van der Waals surface area contributed by atoms with Crippen LogP contribution >= 0.6 is 0 Å². The lowest BCUT2D eigenvalue weighted by Crippen LogP contribution is -2.39. The highest BCUT2D eigenvalue weighted by Gasteiger charge is 2.33. The third-order valence-electron chi connectivity index (χ3n) is 5.47. The standard InChI is InChI=1S/C24H32FN3O3/c1-24(25,23(26)31)13-9-20(17-21(29)8-7-18-5-3-2-4-6-18)22(30)28-16-12-19-10-14-27-15-11-19/h2-6,10-11,14-15,20-21,29H,7-9,12-13,16-17H2,1H3,(H2,26,31)(H,28,30)/t20-,21+,24?/m1/s1. The Morgan fingerprint density at radius 1 is 1.10 bits per heavy atom. The molecule has 0 spiro atoms. The van der Waals surface area contributed by atoms with E-state index in [-0.39, 0.29) is 25.2 Å². The van der Waals surface area contributed by atoms with Crippen molar-refractivity contribution in [3.8, 4) is 0 Å². The Morgan fingerprint density at radius 3 is 2.39 bits per heavy atom. The van der Waals surface area contributed by atoms with Gasteiger partial charge in [-0.15, -0.1) is 0 Å². The molecule has 1 unspecified atom stereocenters. The van der Waals surface area contributed by atoms with Gasteiger partial charge in [-0.3, -0.25) is 14.6 Å². The Hall–Kier alpha value is -2.80. The lowest BCUT2D eigenvalue weighted by atomic mass is 9.88. The molecule has 168 valence electrons. The number of pyridine rings is 1. The Balaban J connectivity index is 1.92. The molecule has 1 aromatic heterocycles. The SMILES string of the molecule is CC(F)(CC[C@H](C[C@@H](O)CCc1ccccc1)C(=O)NCCc1ccncc1)C(N)=O. The van der Waals surface area contributed by atoms with Crippen molar-refractivity contribution in [1.82, 2.24) is 10.3 Å². The van der Waals surface area contributed by atoms with Crippen LogP contribution in [0.4, 0.5) is 4.39 Å². The van der Waals surface area contributed by atoms with E-state index in [1.165, 1.54) is 0 Å². The summed E-state index contributed by atoms with van der Waals surface area (Å²) in [7, 11) is 0. The smallest absolute Gasteiger partial charge is 0.254 e. The van der Waals surface area contributed by atoms with Gasteiger partial charge in [0.05, 0.1) is 6.10 Å². The zero-order valence-corrected chi connectivity index (χ0v) is 18.0. The number of hydrogen-bond acceptors (Lipinski definition) is 4. The van der Waals surface area contributed by atoms with Crippen LogP contribution in [0.5, 0.6) is 0 Å². The molecule has 6 nitrogen and oxygen atoms in total. The lowest BCUT2D eigenvalue weighted by molar-refractivity contribution is -0.131. The molecule has 2 rings (SSSR count). The van der Waals surface area contributed by atoms with Crippen LogP contribution in [0.1, 0.15) is 43.7 Å². The first-order chi connectivity index (χ1) is 14.8. The van der Waals surface area contributed by atoms with Crippen molar-refractivity contribution in [2.45, 2.75) is 57.2 Å². The van der Waals surface area contributed by atoms with Crippen LogP contribution in [0.15, 0.2) is 54.9 Å². The number of aryl methyl sites for hydroxylation is 1. The maximum absolute atomic E-state index is 14.3. The number of carbonyl (C=O) groups is 2. The minimum atomic E-state index is -2.19. The molecule has 0 fully saturated rings. The molecule has 0 radical (unpaired) electrons. The molecular weight excluding hydrogens is 397 g/mol. The van der Waals surface area contributed by atoms with Gasteiger partial charge in [0.15, 0.2) is 5.67 Å². The van der Waals surface area contributed by atoms with Crippen molar-refractivity contribution in [2.24, 2.45) is 11.7 Å². The Bertz CT molecular complexity index is 815. The van der Waals surface area contributed by atoms with Crippen molar-refractivity contribution in [1.29, 1.82) is 0 Å². The first kappa shape index (κ1) is 24.5. The molecule has 4 N–H and O–H groups in total. The lowest BCUT2D eigenvalue weighted by Gasteiger charge is -2.23. The van der Waals surface area contributed by atoms with Crippen LogP contribution in [0.2, 0.25) is 0 Å². The van der Waals surface area contributed by atoms with Gasteiger partial charge in [0.25, 0.3) is 5.91 Å². The number of rotatable bonds is 13. The molecule has 0 aliphatic heterocycles. The zero-order chi connectivity index (χ0) is 22.7. The summed E-state index contributed by atoms with van der Waals surface area (Å²) in [6.45, 7) is 1.54. The van der Waals surface area contributed by atoms with E-state index in [0.29, 0.717) is 25.8 Å². The molecule has 1 aromatic carbocycles. The number of carbonyl (C=O) groups excluding carboxylic acids is 2. The topological polar surface area (TPSA) is 105 Å². The van der Waals surface area contributed by atoms with Crippen LogP contribution in [-0.4, -0.2) is 40.2 Å². The van der Waals surface area contributed by atoms with Crippen molar-refractivity contribution in [3.63, 3.8) is 0 Å². The number of alkyl halides is 1. The largest absolute Gasteiger partial charge is 0.393 e. The van der Waals surface area contributed by atoms with Gasteiger partial charge in [0, 0.05) is 24.9 Å². The summed E-state index contributed by atoms with van der Waals surface area (Å²) in [5.74, 6) is -1.92. The van der Waals surface area contributed by atoms with Crippen molar-refractivity contribution in [3.05, 3.63) is 66.0 Å². The number of hydrogen-bond donors (Lipinski definition) is 3. The number of nitrogens with one attached hydrogen (secondary N) is 1. The quantitative estimate of drug-likeness (QED) is 0.455. The number of primary amides is 1. The van der Waals surface area contributed by atoms with Gasteiger partial charge >= 0.3 is 0 Å². The first-order valence-corrected chi connectivity index (χ1v) is 10.7. The van der Waals surface area contributed by atoms with Crippen LogP contribution < -0.4 is 11.1 Å². The van der Waals surface area contributed by atoms with Gasteiger partial charge in [-0.25, -0.2) is 4.39 Å². The van der Waals surface area contributed by atoms with Gasteiger partial charge in [-0.2, -0.15) is 0 Å². The van der Waals surface area contributed by atoms with E-state index in [0.717, 1.165) is 18.1 Å². The molecule has 0 aliphatic rings. The molecule has 3 atom stereocenters. The molecule has 1 heterocycles. The first-order valence-electron chi connectivity index (χ1n) is 10.7. The molecule has 0 saturated heterocycles. The Morgan fingerprint density at radius 2 is 1.74 bits per heavy atom. The second-order valence-electron chi connectivity index (χ2n) is 8.11. The Labute approximate surface area is 183 Å². The van der Waals surface area contributed by atoms with Crippen LogP contribution in [0.25, 0.3) is 0 Å². The number of aromatic nitrogens is 1. The fraction of sp³-hybridized carbons (Fsp3) is 0.458. The van der Waals surface area contributed by atoms with E-state index < -0.39 is 23.6 Å². The maximum atomic E-state index is 14.3. The van der Waals surface area contributed by atoms with Crippen LogP contribution in [0, 0.1) is 5.92 Å². The van der Waals surface area contributed by atoms with Gasteiger partial charge in [-0.1, -0.05) is 30.3 Å². The van der Waals surface area contributed by atoms with Gasteiger partial charge in [-0.05, 0) is 68.7 Å². The van der Waals surface area contributed by atoms with Gasteiger partial charge in [0.2, 0.25) is 5.91 Å². The molecule has 7 heteroatoms. The summed E-state index contributed by atoms with van der Waals surface area (Å²) < 4.78 is 14.3. The number of aliphatic hydroxyl groups is 1. The van der Waals surface area contributed by atoms with Crippen molar-refractivity contribution >= 4 is 11.8 Å². The number of amides is 2. The highest BCUT2D eigenvalue weighted by molar-refractivity contribution is 5.83. The number of aliphatic hydroxyl groups excluding tert-OH is 1. The number of nitrogens with zero attached hydrogens (tertiary/aromatic N) is 1. The summed E-state index contributed by atoms with van der Waals surface area (Å²) in [5.41, 5.74) is 5.07.